The smallest absolute Gasteiger partial charge is 0.310 e. The van der Waals surface area contributed by atoms with Gasteiger partial charge in [0.25, 0.3) is 0 Å². The summed E-state index contributed by atoms with van der Waals surface area (Å²) < 4.78 is 10.9. The Bertz CT molecular complexity index is 366. The third-order valence-electron chi connectivity index (χ3n) is 1.07. The average Bonchev–Trinajstić information content (AvgIpc) is 1.93. The first-order valence-corrected chi connectivity index (χ1v) is 7.25. The quantitative estimate of drug-likeness (QED) is 0.645. The largest absolute Gasteiger partial charge is 0.343 e. The van der Waals surface area contributed by atoms with Crippen molar-refractivity contribution in [2.24, 2.45) is 0 Å². The molecular formula is C5H3Cl4N2OP. The molecule has 0 saturated carbocycles. The van der Waals surface area contributed by atoms with E-state index in [1.807, 2.05) is 0 Å². The van der Waals surface area contributed by atoms with Crippen LogP contribution in [0.5, 0.6) is 0 Å². The molecule has 0 saturated heterocycles. The van der Waals surface area contributed by atoms with Crippen molar-refractivity contribution < 1.29 is 4.57 Å². The number of anilines is 1. The minimum atomic E-state index is -3.40. The second-order valence-electron chi connectivity index (χ2n) is 2.05. The van der Waals surface area contributed by atoms with Crippen molar-refractivity contribution in [3.05, 3.63) is 22.4 Å². The van der Waals surface area contributed by atoms with Crippen LogP contribution >= 0.6 is 51.7 Å². The van der Waals surface area contributed by atoms with Crippen LogP contribution in [0.1, 0.15) is 0 Å². The van der Waals surface area contributed by atoms with E-state index >= 15 is 0 Å². The second kappa shape index (κ2) is 4.24. The van der Waals surface area contributed by atoms with Crippen LogP contribution in [0.15, 0.2) is 12.1 Å². The maximum atomic E-state index is 10.9. The Morgan fingerprint density at radius 3 is 2.38 bits per heavy atom. The summed E-state index contributed by atoms with van der Waals surface area (Å²) in [4.78, 5) is 3.69. The van der Waals surface area contributed by atoms with Crippen LogP contribution in [0, 0.1) is 0 Å². The lowest BCUT2D eigenvalue weighted by Crippen LogP contribution is -1.90. The molecule has 0 amide bonds. The molecule has 0 bridgehead atoms. The van der Waals surface area contributed by atoms with E-state index in [4.69, 9.17) is 45.7 Å². The Morgan fingerprint density at radius 1 is 1.31 bits per heavy atom. The predicted molar refractivity (Wildman–Crippen MR) is 57.2 cm³/mol. The molecule has 1 aromatic rings. The topological polar surface area (TPSA) is 42.0 Å². The van der Waals surface area contributed by atoms with Gasteiger partial charge in [-0.15, -0.1) is 0 Å². The fourth-order valence-corrected chi connectivity index (χ4v) is 2.10. The summed E-state index contributed by atoms with van der Waals surface area (Å²) in [6.07, 6.45) is 0. The maximum Gasteiger partial charge on any atom is 0.343 e. The van der Waals surface area contributed by atoms with E-state index < -0.39 is 6.00 Å². The summed E-state index contributed by atoms with van der Waals surface area (Å²) in [6.45, 7) is 0. The summed E-state index contributed by atoms with van der Waals surface area (Å²) in [7, 11) is 0. The summed E-state index contributed by atoms with van der Waals surface area (Å²) in [6, 6.07) is 2.95. The van der Waals surface area contributed by atoms with Gasteiger partial charge in [0.15, 0.2) is 5.15 Å². The molecule has 8 heteroatoms. The molecule has 0 aliphatic heterocycles. The van der Waals surface area contributed by atoms with Gasteiger partial charge in [0.05, 0.1) is 5.69 Å². The second-order valence-corrected chi connectivity index (χ2v) is 7.32. The molecule has 0 aliphatic rings. The SMILES string of the molecule is O=P(Cl)(Cl)Nc1ccc(Cl)nc1Cl. The van der Waals surface area contributed by atoms with Crippen molar-refractivity contribution >= 4 is 57.4 Å². The Balaban J connectivity index is 2.97. The number of hydrogen-bond donors (Lipinski definition) is 1. The summed E-state index contributed by atoms with van der Waals surface area (Å²) in [5.41, 5.74) is 0.277. The Morgan fingerprint density at radius 2 is 1.92 bits per heavy atom. The normalized spacial score (nSPS) is 11.4. The predicted octanol–water partition coefficient (Wildman–Crippen LogP) is 4.39. The minimum absolute atomic E-state index is 0.0639. The van der Waals surface area contributed by atoms with Gasteiger partial charge < -0.3 is 5.09 Å². The zero-order valence-corrected chi connectivity index (χ0v) is 9.89. The van der Waals surface area contributed by atoms with Gasteiger partial charge in [0.1, 0.15) is 5.15 Å². The standard InChI is InChI=1S/C5H3Cl4N2OP/c6-4-2-1-3(5(7)10-4)11-13(8,9)12/h1-2H,(H,11,12). The zero-order valence-electron chi connectivity index (χ0n) is 5.97. The number of aromatic nitrogens is 1. The first kappa shape index (κ1) is 11.4. The zero-order chi connectivity index (χ0) is 10.1. The molecule has 1 rings (SSSR count). The number of pyridine rings is 1. The molecule has 0 unspecified atom stereocenters. The first-order valence-electron chi connectivity index (χ1n) is 2.98. The van der Waals surface area contributed by atoms with Crippen molar-refractivity contribution in [2.75, 3.05) is 5.09 Å². The van der Waals surface area contributed by atoms with E-state index in [0.717, 1.165) is 0 Å². The van der Waals surface area contributed by atoms with Crippen LogP contribution < -0.4 is 5.09 Å². The fourth-order valence-electron chi connectivity index (χ4n) is 0.636. The fraction of sp³-hybridized carbons (Fsp3) is 0. The van der Waals surface area contributed by atoms with Gasteiger partial charge in [-0.1, -0.05) is 23.2 Å². The molecule has 0 atom stereocenters. The third kappa shape index (κ3) is 3.92. The summed E-state index contributed by atoms with van der Waals surface area (Å²) >= 11 is 21.7. The third-order valence-corrected chi connectivity index (χ3v) is 2.57. The van der Waals surface area contributed by atoms with Crippen molar-refractivity contribution in [1.29, 1.82) is 0 Å². The molecular weight excluding hydrogens is 277 g/mol. The number of hydrogen-bond acceptors (Lipinski definition) is 2. The molecule has 0 aromatic carbocycles. The van der Waals surface area contributed by atoms with E-state index in [1.54, 1.807) is 0 Å². The van der Waals surface area contributed by atoms with Crippen LogP contribution in [0.2, 0.25) is 10.3 Å². The highest BCUT2D eigenvalue weighted by Crippen LogP contribution is 2.56. The lowest BCUT2D eigenvalue weighted by atomic mass is 10.4. The number of nitrogens with zero attached hydrogens (tertiary/aromatic N) is 1. The van der Waals surface area contributed by atoms with Crippen molar-refractivity contribution in [2.45, 2.75) is 0 Å². The molecule has 1 heterocycles. The highest BCUT2D eigenvalue weighted by atomic mass is 35.9. The molecule has 1 aromatic heterocycles. The van der Waals surface area contributed by atoms with Crippen LogP contribution in [0.4, 0.5) is 5.69 Å². The van der Waals surface area contributed by atoms with Crippen LogP contribution in [-0.4, -0.2) is 4.98 Å². The van der Waals surface area contributed by atoms with E-state index in [-0.39, 0.29) is 16.0 Å². The maximum absolute atomic E-state index is 10.9. The van der Waals surface area contributed by atoms with Gasteiger partial charge in [-0.2, -0.15) is 0 Å². The minimum Gasteiger partial charge on any atom is -0.310 e. The Kier molecular flexibility index (Phi) is 3.73. The molecule has 0 radical (unpaired) electrons. The highest BCUT2D eigenvalue weighted by Gasteiger charge is 2.15. The molecule has 72 valence electrons. The lowest BCUT2D eigenvalue weighted by Gasteiger charge is -2.07. The van der Waals surface area contributed by atoms with Gasteiger partial charge in [0, 0.05) is 0 Å². The van der Waals surface area contributed by atoms with Crippen molar-refractivity contribution in [1.82, 2.24) is 4.98 Å². The van der Waals surface area contributed by atoms with Crippen molar-refractivity contribution in [3.63, 3.8) is 0 Å². The Hall–Kier alpha value is 0.340. The van der Waals surface area contributed by atoms with Gasteiger partial charge in [-0.05, 0) is 34.6 Å². The van der Waals surface area contributed by atoms with E-state index in [2.05, 4.69) is 10.1 Å². The van der Waals surface area contributed by atoms with Crippen molar-refractivity contribution in [3.8, 4) is 0 Å². The molecule has 0 spiro atoms. The Labute approximate surface area is 94.3 Å². The molecule has 1 N–H and O–H groups in total. The molecule has 3 nitrogen and oxygen atoms in total. The van der Waals surface area contributed by atoms with E-state index in [0.29, 0.717) is 0 Å². The van der Waals surface area contributed by atoms with Crippen LogP contribution in [0.3, 0.4) is 0 Å². The summed E-state index contributed by atoms with van der Waals surface area (Å²) in [5.74, 6) is -3.40. The number of nitrogens with one attached hydrogen (secondary N) is 1. The average molecular weight is 280 g/mol. The molecule has 0 fully saturated rings. The van der Waals surface area contributed by atoms with Gasteiger partial charge in [-0.25, -0.2) is 4.98 Å². The lowest BCUT2D eigenvalue weighted by molar-refractivity contribution is 0.595. The van der Waals surface area contributed by atoms with Gasteiger partial charge >= 0.3 is 6.00 Å². The number of halogens is 4. The monoisotopic (exact) mass is 278 g/mol. The van der Waals surface area contributed by atoms with E-state index in [1.165, 1.54) is 12.1 Å². The molecule has 13 heavy (non-hydrogen) atoms. The summed E-state index contributed by atoms with van der Waals surface area (Å²) in [5, 5.41) is 2.60. The van der Waals surface area contributed by atoms with Crippen LogP contribution in [0.25, 0.3) is 0 Å². The first-order chi connectivity index (χ1) is 5.88. The van der Waals surface area contributed by atoms with Gasteiger partial charge in [0.2, 0.25) is 0 Å². The van der Waals surface area contributed by atoms with Crippen LogP contribution in [-0.2, 0) is 4.57 Å². The number of rotatable bonds is 2. The van der Waals surface area contributed by atoms with E-state index in [9.17, 15) is 4.57 Å². The van der Waals surface area contributed by atoms with Gasteiger partial charge in [-0.3, -0.25) is 4.57 Å². The molecule has 0 aliphatic carbocycles. The highest BCUT2D eigenvalue weighted by molar-refractivity contribution is 8.09.